The molecule has 1 N–H and O–H groups in total. The van der Waals surface area contributed by atoms with Crippen LogP contribution >= 0.6 is 11.3 Å². The first-order chi connectivity index (χ1) is 8.24. The fraction of sp³-hybridized carbons (Fsp3) is 0.0833. The second-order valence-electron chi connectivity index (χ2n) is 3.71. The summed E-state index contributed by atoms with van der Waals surface area (Å²) in [6.07, 6.45) is 3.56. The predicted octanol–water partition coefficient (Wildman–Crippen LogP) is 2.34. The van der Waals surface area contributed by atoms with E-state index in [1.807, 2.05) is 23.6 Å². The Morgan fingerprint density at radius 1 is 1.47 bits per heavy atom. The maximum atomic E-state index is 11.8. The molecular formula is C12H9N3OS. The Kier molecular flexibility index (Phi) is 2.26. The predicted molar refractivity (Wildman–Crippen MR) is 67.6 cm³/mol. The second-order valence-corrected chi connectivity index (χ2v) is 4.69. The fourth-order valence-electron chi connectivity index (χ4n) is 1.72. The van der Waals surface area contributed by atoms with E-state index in [1.165, 1.54) is 0 Å². The monoisotopic (exact) mass is 243 g/mol. The molecule has 0 radical (unpaired) electrons. The summed E-state index contributed by atoms with van der Waals surface area (Å²) in [6, 6.07) is 3.93. The van der Waals surface area contributed by atoms with Gasteiger partial charge in [0.1, 0.15) is 11.6 Å². The molecule has 0 atom stereocenters. The summed E-state index contributed by atoms with van der Waals surface area (Å²) in [7, 11) is 0. The van der Waals surface area contributed by atoms with E-state index in [0.717, 1.165) is 10.4 Å². The van der Waals surface area contributed by atoms with E-state index in [0.29, 0.717) is 17.2 Å². The van der Waals surface area contributed by atoms with Gasteiger partial charge in [0.05, 0.1) is 5.57 Å². The fourth-order valence-corrected chi connectivity index (χ4v) is 2.38. The average Bonchev–Trinajstić information content (AvgIpc) is 2.88. The van der Waals surface area contributed by atoms with E-state index >= 15 is 0 Å². The van der Waals surface area contributed by atoms with E-state index in [-0.39, 0.29) is 5.91 Å². The number of aromatic nitrogens is 2. The maximum Gasteiger partial charge on any atom is 0.257 e. The molecule has 0 spiro atoms. The number of rotatable bonds is 1. The number of hydrogen-bond donors (Lipinski definition) is 1. The van der Waals surface area contributed by atoms with Crippen LogP contribution in [0.3, 0.4) is 0 Å². The van der Waals surface area contributed by atoms with Crippen molar-refractivity contribution < 1.29 is 4.79 Å². The molecule has 1 aliphatic rings. The summed E-state index contributed by atoms with van der Waals surface area (Å²) in [5.41, 5.74) is 1.40. The quantitative estimate of drug-likeness (QED) is 0.782. The van der Waals surface area contributed by atoms with Crippen molar-refractivity contribution in [2.75, 3.05) is 5.32 Å². The zero-order chi connectivity index (χ0) is 11.8. The lowest BCUT2D eigenvalue weighted by molar-refractivity contribution is -0.110. The number of carbonyl (C=O) groups is 1. The van der Waals surface area contributed by atoms with E-state index in [4.69, 9.17) is 0 Å². The zero-order valence-electron chi connectivity index (χ0n) is 9.10. The highest BCUT2D eigenvalue weighted by Crippen LogP contribution is 2.31. The molecule has 4 nitrogen and oxygen atoms in total. The first-order valence-electron chi connectivity index (χ1n) is 5.14. The highest BCUT2D eigenvalue weighted by Gasteiger charge is 2.25. The van der Waals surface area contributed by atoms with Gasteiger partial charge in [0, 0.05) is 16.6 Å². The molecule has 2 aromatic heterocycles. The van der Waals surface area contributed by atoms with E-state index in [1.54, 1.807) is 24.5 Å². The summed E-state index contributed by atoms with van der Waals surface area (Å²) in [5, 5.41) is 4.73. The van der Waals surface area contributed by atoms with Crippen molar-refractivity contribution >= 4 is 34.7 Å². The zero-order valence-corrected chi connectivity index (χ0v) is 9.91. The van der Waals surface area contributed by atoms with Gasteiger partial charge in [0.15, 0.2) is 0 Å². The minimum atomic E-state index is -0.117. The van der Waals surface area contributed by atoms with Gasteiger partial charge in [0.25, 0.3) is 5.91 Å². The SMILES string of the molecule is Cc1ncc2c(n1)NC(=O)C2=Cc1cccs1. The Balaban J connectivity index is 2.11. The van der Waals surface area contributed by atoms with Crippen molar-refractivity contribution in [1.29, 1.82) is 0 Å². The van der Waals surface area contributed by atoms with Gasteiger partial charge < -0.3 is 5.32 Å². The van der Waals surface area contributed by atoms with Gasteiger partial charge in [-0.2, -0.15) is 0 Å². The summed E-state index contributed by atoms with van der Waals surface area (Å²) in [4.78, 5) is 21.2. The van der Waals surface area contributed by atoms with Crippen LogP contribution in [0, 0.1) is 6.92 Å². The van der Waals surface area contributed by atoms with Crippen LogP contribution in [0.15, 0.2) is 23.7 Å². The Morgan fingerprint density at radius 3 is 3.12 bits per heavy atom. The van der Waals surface area contributed by atoms with Crippen LogP contribution in [0.4, 0.5) is 5.82 Å². The molecule has 17 heavy (non-hydrogen) atoms. The molecule has 0 saturated carbocycles. The molecule has 1 amide bonds. The van der Waals surface area contributed by atoms with Gasteiger partial charge in [-0.05, 0) is 24.4 Å². The molecule has 3 heterocycles. The largest absolute Gasteiger partial charge is 0.306 e. The highest BCUT2D eigenvalue weighted by molar-refractivity contribution is 7.11. The number of aryl methyl sites for hydroxylation is 1. The second kappa shape index (κ2) is 3.78. The Labute approximate surface area is 102 Å². The Bertz CT molecular complexity index is 617. The van der Waals surface area contributed by atoms with E-state index in [9.17, 15) is 4.79 Å². The smallest absolute Gasteiger partial charge is 0.257 e. The number of nitrogens with one attached hydrogen (secondary N) is 1. The lowest BCUT2D eigenvalue weighted by Gasteiger charge is -1.97. The van der Waals surface area contributed by atoms with Crippen molar-refractivity contribution in [3.63, 3.8) is 0 Å². The number of anilines is 1. The minimum Gasteiger partial charge on any atom is -0.306 e. The molecule has 2 aromatic rings. The van der Waals surface area contributed by atoms with Crippen molar-refractivity contribution in [3.8, 4) is 0 Å². The number of hydrogen-bond acceptors (Lipinski definition) is 4. The van der Waals surface area contributed by atoms with Crippen LogP contribution in [-0.2, 0) is 4.79 Å². The lowest BCUT2D eigenvalue weighted by atomic mass is 10.1. The molecule has 1 aliphatic heterocycles. The van der Waals surface area contributed by atoms with Gasteiger partial charge >= 0.3 is 0 Å². The summed E-state index contributed by atoms with van der Waals surface area (Å²) >= 11 is 1.59. The maximum absolute atomic E-state index is 11.8. The summed E-state index contributed by atoms with van der Waals surface area (Å²) < 4.78 is 0. The number of thiophene rings is 1. The third kappa shape index (κ3) is 1.74. The molecule has 0 aromatic carbocycles. The molecular weight excluding hydrogens is 234 g/mol. The normalized spacial score (nSPS) is 16.1. The minimum absolute atomic E-state index is 0.117. The molecule has 0 aliphatic carbocycles. The first kappa shape index (κ1) is 10.2. The Hall–Kier alpha value is -2.01. The van der Waals surface area contributed by atoms with E-state index < -0.39 is 0 Å². The van der Waals surface area contributed by atoms with Crippen molar-refractivity contribution in [2.24, 2.45) is 0 Å². The summed E-state index contributed by atoms with van der Waals surface area (Å²) in [5.74, 6) is 1.14. The highest BCUT2D eigenvalue weighted by atomic mass is 32.1. The molecule has 3 rings (SSSR count). The first-order valence-corrected chi connectivity index (χ1v) is 6.02. The van der Waals surface area contributed by atoms with Gasteiger partial charge in [0.2, 0.25) is 0 Å². The van der Waals surface area contributed by atoms with Gasteiger partial charge in [-0.3, -0.25) is 4.79 Å². The van der Waals surface area contributed by atoms with Gasteiger partial charge in [-0.25, -0.2) is 9.97 Å². The van der Waals surface area contributed by atoms with Crippen LogP contribution in [0.1, 0.15) is 16.3 Å². The molecule has 5 heteroatoms. The standard InChI is InChI=1S/C12H9N3OS/c1-7-13-6-10-9(5-8-3-2-4-17-8)12(16)15-11(10)14-7/h2-6H,1H3,(H,13,14,15,16). The van der Waals surface area contributed by atoms with Crippen molar-refractivity contribution in [3.05, 3.63) is 40.0 Å². The molecule has 84 valence electrons. The number of fused-ring (bicyclic) bond motifs is 1. The third-order valence-corrected chi connectivity index (χ3v) is 3.33. The Morgan fingerprint density at radius 2 is 2.35 bits per heavy atom. The lowest BCUT2D eigenvalue weighted by Crippen LogP contribution is -2.04. The number of nitrogens with zero attached hydrogens (tertiary/aromatic N) is 2. The van der Waals surface area contributed by atoms with Crippen LogP contribution in [0.2, 0.25) is 0 Å². The molecule has 0 fully saturated rings. The summed E-state index contributed by atoms with van der Waals surface area (Å²) in [6.45, 7) is 1.80. The van der Waals surface area contributed by atoms with Crippen molar-refractivity contribution in [2.45, 2.75) is 6.92 Å². The number of carbonyl (C=O) groups excluding carboxylic acids is 1. The van der Waals surface area contributed by atoms with Gasteiger partial charge in [-0.1, -0.05) is 6.07 Å². The van der Waals surface area contributed by atoms with Gasteiger partial charge in [-0.15, -0.1) is 11.3 Å². The van der Waals surface area contributed by atoms with Crippen LogP contribution in [0.25, 0.3) is 11.6 Å². The molecule has 0 unspecified atom stereocenters. The van der Waals surface area contributed by atoms with E-state index in [2.05, 4.69) is 15.3 Å². The third-order valence-electron chi connectivity index (χ3n) is 2.51. The molecule has 0 bridgehead atoms. The van der Waals surface area contributed by atoms with Crippen LogP contribution in [0.5, 0.6) is 0 Å². The van der Waals surface area contributed by atoms with Crippen molar-refractivity contribution in [1.82, 2.24) is 9.97 Å². The average molecular weight is 243 g/mol. The number of amides is 1. The van der Waals surface area contributed by atoms with Crippen LogP contribution in [-0.4, -0.2) is 15.9 Å². The topological polar surface area (TPSA) is 54.9 Å². The molecule has 0 saturated heterocycles. The van der Waals surface area contributed by atoms with Crippen LogP contribution < -0.4 is 5.32 Å².